The summed E-state index contributed by atoms with van der Waals surface area (Å²) in [6.07, 6.45) is 0. The molecule has 0 bridgehead atoms. The smallest absolute Gasteiger partial charge is 0.287 e. The first-order chi connectivity index (χ1) is 7.34. The molecular formula is C8H6NO6S-. The molecule has 0 radical (unpaired) electrons. The molecule has 8 heteroatoms. The molecule has 0 spiro atoms. The molecule has 0 unspecified atom stereocenters. The maximum Gasteiger partial charge on any atom is 0.287 e. The molecule has 86 valence electrons. The van der Waals surface area contributed by atoms with Crippen LogP contribution < -0.4 is 5.11 Å². The Morgan fingerprint density at radius 2 is 1.88 bits per heavy atom. The summed E-state index contributed by atoms with van der Waals surface area (Å²) in [5.41, 5.74) is -0.649. The van der Waals surface area contributed by atoms with E-state index >= 15 is 0 Å². The number of carboxylic acids is 1. The molecule has 1 aromatic carbocycles. The summed E-state index contributed by atoms with van der Waals surface area (Å²) in [6, 6.07) is 4.53. The molecular weight excluding hydrogens is 238 g/mol. The molecule has 0 heterocycles. The van der Waals surface area contributed by atoms with Gasteiger partial charge in [0.25, 0.3) is 5.69 Å². The van der Waals surface area contributed by atoms with Gasteiger partial charge < -0.3 is 9.90 Å². The lowest BCUT2D eigenvalue weighted by atomic mass is 10.3. The summed E-state index contributed by atoms with van der Waals surface area (Å²) in [5.74, 6) is -3.09. The van der Waals surface area contributed by atoms with Crippen LogP contribution >= 0.6 is 0 Å². The first-order valence-corrected chi connectivity index (χ1v) is 5.66. The summed E-state index contributed by atoms with van der Waals surface area (Å²) in [5, 5.41) is 20.7. The van der Waals surface area contributed by atoms with E-state index in [4.69, 9.17) is 0 Å². The standard InChI is InChI=1S/C8H7NO6S/c10-8(11)5-16(14,15)7-4-2-1-3-6(7)9(12)13/h1-4H,5H2,(H,10,11)/p-1. The van der Waals surface area contributed by atoms with Crippen LogP contribution in [0.2, 0.25) is 0 Å². The molecule has 0 saturated carbocycles. The van der Waals surface area contributed by atoms with Gasteiger partial charge in [0.15, 0.2) is 9.84 Å². The highest BCUT2D eigenvalue weighted by atomic mass is 32.2. The van der Waals surface area contributed by atoms with Crippen LogP contribution in [0.15, 0.2) is 29.2 Å². The van der Waals surface area contributed by atoms with Crippen LogP contribution in [0, 0.1) is 10.1 Å². The van der Waals surface area contributed by atoms with Crippen molar-refractivity contribution in [1.29, 1.82) is 0 Å². The molecule has 0 aromatic heterocycles. The number of hydrogen-bond donors (Lipinski definition) is 0. The fraction of sp³-hybridized carbons (Fsp3) is 0.125. The second kappa shape index (κ2) is 4.27. The summed E-state index contributed by atoms with van der Waals surface area (Å²) >= 11 is 0. The van der Waals surface area contributed by atoms with Crippen LogP contribution in [0.4, 0.5) is 5.69 Å². The number of carbonyl (C=O) groups excluding carboxylic acids is 1. The predicted octanol–water partition coefficient (Wildman–Crippen LogP) is -0.882. The number of hydrogen-bond acceptors (Lipinski definition) is 6. The minimum atomic E-state index is -4.24. The molecule has 0 fully saturated rings. The lowest BCUT2D eigenvalue weighted by Gasteiger charge is -2.05. The number of carbonyl (C=O) groups is 1. The average molecular weight is 244 g/mol. The van der Waals surface area contributed by atoms with E-state index in [9.17, 15) is 28.4 Å². The van der Waals surface area contributed by atoms with Gasteiger partial charge in [-0.1, -0.05) is 12.1 Å². The normalized spacial score (nSPS) is 11.0. The second-order valence-electron chi connectivity index (χ2n) is 2.86. The Balaban J connectivity index is 3.33. The lowest BCUT2D eigenvalue weighted by Crippen LogP contribution is -2.30. The van der Waals surface area contributed by atoms with Crippen LogP contribution in [0.1, 0.15) is 0 Å². The lowest BCUT2D eigenvalue weighted by molar-refractivity contribution is -0.387. The Morgan fingerprint density at radius 1 is 1.31 bits per heavy atom. The Labute approximate surface area is 90.4 Å². The van der Waals surface area contributed by atoms with E-state index in [1.807, 2.05) is 0 Å². The third kappa shape index (κ3) is 2.54. The van der Waals surface area contributed by atoms with Gasteiger partial charge in [-0.15, -0.1) is 0 Å². The van der Waals surface area contributed by atoms with E-state index in [2.05, 4.69) is 0 Å². The Kier molecular flexibility index (Phi) is 3.23. The SMILES string of the molecule is O=C([O-])CS(=O)(=O)c1ccccc1[N+](=O)[O-]. The van der Waals surface area contributed by atoms with Crippen molar-refractivity contribution in [3.05, 3.63) is 34.4 Å². The zero-order chi connectivity index (χ0) is 12.3. The number of nitro groups is 1. The second-order valence-corrected chi connectivity index (χ2v) is 4.81. The number of para-hydroxylation sites is 1. The van der Waals surface area contributed by atoms with Crippen LogP contribution in [-0.2, 0) is 14.6 Å². The predicted molar refractivity (Wildman–Crippen MR) is 50.2 cm³/mol. The zero-order valence-corrected chi connectivity index (χ0v) is 8.64. The van der Waals surface area contributed by atoms with Gasteiger partial charge in [-0.3, -0.25) is 10.1 Å². The number of carboxylic acid groups (broad SMARTS) is 1. The van der Waals surface area contributed by atoms with Crippen molar-refractivity contribution in [2.24, 2.45) is 0 Å². The maximum absolute atomic E-state index is 11.4. The molecule has 0 saturated heterocycles. The first kappa shape index (κ1) is 12.1. The van der Waals surface area contributed by atoms with Crippen LogP contribution in [0.5, 0.6) is 0 Å². The molecule has 0 aliphatic heterocycles. The molecule has 0 atom stereocenters. The third-order valence-electron chi connectivity index (χ3n) is 1.70. The maximum atomic E-state index is 11.4. The molecule has 0 aliphatic rings. The molecule has 0 amide bonds. The van der Waals surface area contributed by atoms with Crippen molar-refractivity contribution in [2.75, 3.05) is 5.75 Å². The van der Waals surface area contributed by atoms with E-state index in [1.54, 1.807) is 0 Å². The van der Waals surface area contributed by atoms with E-state index in [1.165, 1.54) is 12.1 Å². The highest BCUT2D eigenvalue weighted by Crippen LogP contribution is 2.23. The van der Waals surface area contributed by atoms with Crippen molar-refractivity contribution < 1.29 is 23.2 Å². The Bertz CT molecular complexity index is 535. The van der Waals surface area contributed by atoms with Crippen LogP contribution in [-0.4, -0.2) is 25.1 Å². The summed E-state index contributed by atoms with van der Waals surface area (Å²) < 4.78 is 22.9. The zero-order valence-electron chi connectivity index (χ0n) is 7.82. The van der Waals surface area contributed by atoms with Gasteiger partial charge in [0.2, 0.25) is 0 Å². The highest BCUT2D eigenvalue weighted by Gasteiger charge is 2.24. The van der Waals surface area contributed by atoms with Crippen molar-refractivity contribution >= 4 is 21.5 Å². The monoisotopic (exact) mass is 244 g/mol. The molecule has 16 heavy (non-hydrogen) atoms. The van der Waals surface area contributed by atoms with E-state index in [0.717, 1.165) is 12.1 Å². The van der Waals surface area contributed by atoms with Gasteiger partial charge in [-0.05, 0) is 6.07 Å². The van der Waals surface area contributed by atoms with Gasteiger partial charge in [-0.25, -0.2) is 8.42 Å². The number of nitrogens with zero attached hydrogens (tertiary/aromatic N) is 1. The van der Waals surface area contributed by atoms with Gasteiger partial charge in [-0.2, -0.15) is 0 Å². The van der Waals surface area contributed by atoms with Crippen LogP contribution in [0.3, 0.4) is 0 Å². The van der Waals surface area contributed by atoms with Gasteiger partial charge >= 0.3 is 0 Å². The van der Waals surface area contributed by atoms with Gasteiger partial charge in [0.05, 0.1) is 16.6 Å². The van der Waals surface area contributed by atoms with Crippen molar-refractivity contribution in [2.45, 2.75) is 4.90 Å². The van der Waals surface area contributed by atoms with Gasteiger partial charge in [0.1, 0.15) is 4.90 Å². The number of aliphatic carboxylic acids is 1. The minimum Gasteiger partial charge on any atom is -0.549 e. The van der Waals surface area contributed by atoms with E-state index < -0.39 is 37.1 Å². The fourth-order valence-corrected chi connectivity index (χ4v) is 2.32. The molecule has 0 aliphatic carbocycles. The number of nitro benzene ring substituents is 1. The van der Waals surface area contributed by atoms with Crippen LogP contribution in [0.25, 0.3) is 0 Å². The van der Waals surface area contributed by atoms with E-state index in [-0.39, 0.29) is 0 Å². The average Bonchev–Trinajstić information content (AvgIpc) is 2.15. The Hall–Kier alpha value is -1.96. The van der Waals surface area contributed by atoms with Crippen molar-refractivity contribution in [3.8, 4) is 0 Å². The van der Waals surface area contributed by atoms with Crippen molar-refractivity contribution in [1.82, 2.24) is 0 Å². The highest BCUT2D eigenvalue weighted by molar-refractivity contribution is 7.92. The molecule has 0 N–H and O–H groups in total. The molecule has 1 aromatic rings. The molecule has 1 rings (SSSR count). The Morgan fingerprint density at radius 3 is 2.38 bits per heavy atom. The number of rotatable bonds is 4. The number of sulfone groups is 1. The topological polar surface area (TPSA) is 117 Å². The quantitative estimate of drug-likeness (QED) is 0.501. The minimum absolute atomic E-state index is 0.621. The third-order valence-corrected chi connectivity index (χ3v) is 3.34. The summed E-state index contributed by atoms with van der Waals surface area (Å²) in [7, 11) is -4.24. The van der Waals surface area contributed by atoms with Crippen molar-refractivity contribution in [3.63, 3.8) is 0 Å². The van der Waals surface area contributed by atoms with E-state index in [0.29, 0.717) is 0 Å². The first-order valence-electron chi connectivity index (χ1n) is 4.00. The fourth-order valence-electron chi connectivity index (χ4n) is 1.10. The number of benzene rings is 1. The summed E-state index contributed by atoms with van der Waals surface area (Å²) in [6.45, 7) is 0. The largest absolute Gasteiger partial charge is 0.549 e. The van der Waals surface area contributed by atoms with Gasteiger partial charge in [0, 0.05) is 6.07 Å². The summed E-state index contributed by atoms with van der Waals surface area (Å²) in [4.78, 5) is 19.2. The molecule has 7 nitrogen and oxygen atoms in total.